The van der Waals surface area contributed by atoms with Gasteiger partial charge < -0.3 is 13.3 Å². The number of aromatic nitrogens is 9. The van der Waals surface area contributed by atoms with Crippen LogP contribution in [0, 0.1) is 5.41 Å². The summed E-state index contributed by atoms with van der Waals surface area (Å²) in [5.74, 6) is 5.75. The maximum atomic E-state index is 6.91. The fourth-order valence-corrected chi connectivity index (χ4v) is 24.0. The monoisotopic (exact) mass is 1850 g/mol. The highest BCUT2D eigenvalue weighted by Crippen LogP contribution is 2.62. The van der Waals surface area contributed by atoms with Gasteiger partial charge in [0.15, 0.2) is 52.4 Å². The van der Waals surface area contributed by atoms with Crippen molar-refractivity contribution >= 4 is 92.9 Å². The first-order chi connectivity index (χ1) is 69.8. The lowest BCUT2D eigenvalue weighted by Gasteiger charge is -2.41. The molecule has 6 heterocycles. The van der Waals surface area contributed by atoms with Crippen LogP contribution in [0.25, 0.3) is 229 Å². The maximum absolute atomic E-state index is 6.91. The Morgan fingerprint density at radius 3 is 1.21 bits per heavy atom. The Balaban J connectivity index is 0.000000113. The summed E-state index contributed by atoms with van der Waals surface area (Å²) in [6.45, 7) is 27.5. The summed E-state index contributed by atoms with van der Waals surface area (Å²) in [6, 6.07) is 125. The quantitative estimate of drug-likeness (QED) is 0.107. The van der Waals surface area contributed by atoms with Crippen LogP contribution < -0.4 is 0 Å². The fourth-order valence-electron chi connectivity index (χ4n) is 24.0. The van der Waals surface area contributed by atoms with Crippen LogP contribution in [0.5, 0.6) is 0 Å². The van der Waals surface area contributed by atoms with E-state index in [0.29, 0.717) is 52.4 Å². The molecule has 2 unspecified atom stereocenters. The van der Waals surface area contributed by atoms with E-state index in [1.54, 1.807) is 0 Å². The van der Waals surface area contributed by atoms with Gasteiger partial charge in [-0.05, 0) is 199 Å². The second-order valence-corrected chi connectivity index (χ2v) is 40.3. The Morgan fingerprint density at radius 2 is 0.671 bits per heavy atom. The number of hydrogen-bond acceptors (Lipinski definition) is 12. The normalized spacial score (nSPS) is 16.1. The van der Waals surface area contributed by atoms with Gasteiger partial charge >= 0.3 is 0 Å². The third-order valence-electron chi connectivity index (χ3n) is 31.8. The molecule has 4 aliphatic rings. The standard InChI is InChI=1S/C46H33N3O.C46H39N3O.C39H31N3O/c1-3-46(4-2)38-23-13-12-21-33(38)34-25-26-35-40-36(22-14-24-39(40)50-42(35)41(34)46)44-47-43(28-15-6-5-7-16-28)48-45(49-44)37-27-29-17-8-9-18-30(29)31-19-10-11-20-32(31)37;1-7-29-32-24-25-33-39-34(19-15-21-38(39)50-41(33)40(32)46(6,9-3)35(29)8-2)44-48-42(27-16-11-10-12-17-27)47-43(49-44)28-22-23-31-30-18-13-14-20-36(30)45(4,5)37(31)26-28;1-38(2,3)39(4)31-18-12-11-17-27(31)29-23-34-30(22-32(29)39)28-20-19-26(21-33(28)43-34)37-41-35(24-13-7-5-8-14-24)40-36(42-37)25-15-9-6-10-16-25/h5-27H,3-4H2,1-2H3;7-8,10-26H,9H2,1-6H3;5-23H,1-4H3/b;29-7-,35-8?;. The van der Waals surface area contributed by atoms with E-state index in [1.165, 1.54) is 99.8 Å². The van der Waals surface area contributed by atoms with E-state index in [2.05, 4.69) is 356 Å². The zero-order valence-corrected chi connectivity index (χ0v) is 82.1. The first-order valence-electron chi connectivity index (χ1n) is 50.0. The Morgan fingerprint density at radius 1 is 0.259 bits per heavy atom. The number of allylic oxidation sites excluding steroid dienone is 4. The van der Waals surface area contributed by atoms with Gasteiger partial charge in [-0.1, -0.05) is 379 Å². The van der Waals surface area contributed by atoms with Gasteiger partial charge in [-0.25, -0.2) is 44.9 Å². The third-order valence-corrected chi connectivity index (χ3v) is 31.8. The topological polar surface area (TPSA) is 155 Å². The van der Waals surface area contributed by atoms with Crippen molar-refractivity contribution in [3.8, 4) is 136 Å². The van der Waals surface area contributed by atoms with Crippen molar-refractivity contribution in [2.45, 2.75) is 124 Å². The number of hydrogen-bond donors (Lipinski definition) is 0. The minimum atomic E-state index is -0.151. The molecule has 0 fully saturated rings. The molecule has 0 saturated heterocycles. The minimum absolute atomic E-state index is 0.0281. The van der Waals surface area contributed by atoms with Crippen LogP contribution in [0.3, 0.4) is 0 Å². The van der Waals surface area contributed by atoms with E-state index >= 15 is 0 Å². The lowest BCUT2D eigenvalue weighted by molar-refractivity contribution is 0.255. The van der Waals surface area contributed by atoms with E-state index in [9.17, 15) is 0 Å². The first kappa shape index (κ1) is 87.7. The van der Waals surface area contributed by atoms with Gasteiger partial charge in [-0.15, -0.1) is 0 Å². The van der Waals surface area contributed by atoms with Gasteiger partial charge in [0.25, 0.3) is 0 Å². The van der Waals surface area contributed by atoms with E-state index in [-0.39, 0.29) is 27.1 Å². The average Bonchev–Trinajstić information content (AvgIpc) is 1.54. The SMILES string of the molecule is CC(C)(C)C1(C)c2ccccc2-c2cc3oc4cc(-c5nc(-c6ccccc6)nc(-c6ccccc6)n5)ccc4c3cc21.CC=C1/C(=C\C)c2ccc3c(oc4cccc(-c5nc(-c6ccccc6)nc(-c6ccc7c(c6)C(C)(C)c6ccccc6-7)n5)c43)c2C1(C)CC.CCC1(CC)c2ccccc2-c2ccc3c(oc4cccc(-c5nc(-c6ccccc6)nc(-c6cc7ccccc7c7ccccc67)n5)c43)c21. The first-order valence-corrected chi connectivity index (χ1v) is 50.0. The molecule has 690 valence electrons. The molecule has 0 radical (unpaired) electrons. The number of rotatable bonds is 12. The lowest BCUT2D eigenvalue weighted by Crippen LogP contribution is -2.36. The summed E-state index contributed by atoms with van der Waals surface area (Å²) < 4.78 is 20.3. The Labute approximate surface area is 830 Å². The van der Waals surface area contributed by atoms with Crippen molar-refractivity contribution in [3.05, 3.63) is 420 Å². The second-order valence-electron chi connectivity index (χ2n) is 40.3. The highest BCUT2D eigenvalue weighted by Gasteiger charge is 2.49. The zero-order chi connectivity index (χ0) is 97.1. The van der Waals surface area contributed by atoms with Crippen LogP contribution in [-0.2, 0) is 21.7 Å². The number of fused-ring (bicyclic) bond motifs is 24. The molecule has 143 heavy (non-hydrogen) atoms. The molecule has 0 bridgehead atoms. The molecule has 17 aromatic carbocycles. The average molecular weight is 1850 g/mol. The second kappa shape index (κ2) is 33.7. The third kappa shape index (κ3) is 13.7. The van der Waals surface area contributed by atoms with Crippen LogP contribution in [0.2, 0.25) is 0 Å². The zero-order valence-electron chi connectivity index (χ0n) is 82.1. The van der Waals surface area contributed by atoms with Crippen LogP contribution >= 0.6 is 0 Å². The van der Waals surface area contributed by atoms with Gasteiger partial charge in [0.1, 0.15) is 33.5 Å². The van der Waals surface area contributed by atoms with Crippen LogP contribution in [0.1, 0.15) is 147 Å². The van der Waals surface area contributed by atoms with Crippen LogP contribution in [0.15, 0.2) is 389 Å². The molecule has 0 saturated carbocycles. The smallest absolute Gasteiger partial charge is 0.164 e. The predicted octanol–water partition coefficient (Wildman–Crippen LogP) is 34.4. The molecule has 0 spiro atoms. The van der Waals surface area contributed by atoms with Crippen LogP contribution in [0.4, 0.5) is 0 Å². The van der Waals surface area contributed by atoms with Gasteiger partial charge in [-0.3, -0.25) is 0 Å². The molecule has 0 N–H and O–H groups in total. The lowest BCUT2D eigenvalue weighted by atomic mass is 9.62. The number of nitrogens with zero attached hydrogens (tertiary/aromatic N) is 9. The van der Waals surface area contributed by atoms with E-state index in [4.69, 9.17) is 58.1 Å². The highest BCUT2D eigenvalue weighted by atomic mass is 16.3. The van der Waals surface area contributed by atoms with Crippen molar-refractivity contribution in [2.24, 2.45) is 5.41 Å². The van der Waals surface area contributed by atoms with Gasteiger partial charge in [0.05, 0.1) is 0 Å². The molecule has 12 heteroatoms. The Hall–Kier alpha value is -16.8. The van der Waals surface area contributed by atoms with Gasteiger partial charge in [0.2, 0.25) is 0 Å². The molecule has 23 aromatic rings. The Bertz CT molecular complexity index is 9180. The molecule has 0 amide bonds. The summed E-state index contributed by atoms with van der Waals surface area (Å²) in [6.07, 6.45) is 7.47. The van der Waals surface area contributed by atoms with E-state index in [1.807, 2.05) is 97.1 Å². The summed E-state index contributed by atoms with van der Waals surface area (Å²) in [5, 5.41) is 11.1. The van der Waals surface area contributed by atoms with Crippen molar-refractivity contribution in [2.75, 3.05) is 0 Å². The van der Waals surface area contributed by atoms with E-state index < -0.39 is 0 Å². The summed E-state index contributed by atoms with van der Waals surface area (Å²) in [7, 11) is 0. The summed E-state index contributed by atoms with van der Waals surface area (Å²) in [5.41, 5.74) is 34.3. The molecule has 6 aromatic heterocycles. The molecule has 12 nitrogen and oxygen atoms in total. The molecular formula is C131H103N9O3. The van der Waals surface area contributed by atoms with Crippen molar-refractivity contribution in [3.63, 3.8) is 0 Å². The molecular weight excluding hydrogens is 1750 g/mol. The summed E-state index contributed by atoms with van der Waals surface area (Å²) >= 11 is 0. The highest BCUT2D eigenvalue weighted by molar-refractivity contribution is 6.18. The number of benzene rings is 17. The molecule has 27 rings (SSSR count). The van der Waals surface area contributed by atoms with Gasteiger partial charge in [-0.2, -0.15) is 0 Å². The maximum Gasteiger partial charge on any atom is 0.164 e. The summed E-state index contributed by atoms with van der Waals surface area (Å²) in [4.78, 5) is 45.8. The van der Waals surface area contributed by atoms with Crippen molar-refractivity contribution < 1.29 is 13.3 Å². The molecule has 2 atom stereocenters. The van der Waals surface area contributed by atoms with Gasteiger partial charge in [0, 0.05) is 115 Å². The molecule has 0 aliphatic heterocycles. The molecule has 4 aliphatic carbocycles. The van der Waals surface area contributed by atoms with Crippen molar-refractivity contribution in [1.82, 2.24) is 44.9 Å². The Kier molecular flexibility index (Phi) is 20.7. The van der Waals surface area contributed by atoms with Crippen molar-refractivity contribution in [1.29, 1.82) is 0 Å². The fraction of sp³-hybridized carbons (Fsp3) is 0.153. The van der Waals surface area contributed by atoms with Crippen LogP contribution in [-0.4, -0.2) is 44.9 Å². The minimum Gasteiger partial charge on any atom is -0.456 e. The van der Waals surface area contributed by atoms with E-state index in [0.717, 1.165) is 146 Å². The largest absolute Gasteiger partial charge is 0.456 e. The predicted molar refractivity (Wildman–Crippen MR) is 586 cm³/mol. The number of furan rings is 3.